The van der Waals surface area contributed by atoms with Gasteiger partial charge in [-0.3, -0.25) is 0 Å². The third kappa shape index (κ3) is 2.05. The summed E-state index contributed by atoms with van der Waals surface area (Å²) >= 11 is 0. The van der Waals surface area contributed by atoms with Crippen LogP contribution >= 0.6 is 0 Å². The Morgan fingerprint density at radius 2 is 1.81 bits per heavy atom. The monoisotopic (exact) mass is 236 g/mol. The number of hydrogen-bond donors (Lipinski definition) is 1. The summed E-state index contributed by atoms with van der Waals surface area (Å²) in [6, 6.07) is 8.87. The normalized spacial score (nSPS) is 11.3. The summed E-state index contributed by atoms with van der Waals surface area (Å²) in [5, 5.41) is 15.1. The molecule has 0 aliphatic carbocycles. The minimum Gasteiger partial charge on any atom is -0.223 e. The summed E-state index contributed by atoms with van der Waals surface area (Å²) in [7, 11) is -3.90. The van der Waals surface area contributed by atoms with Crippen molar-refractivity contribution in [2.45, 2.75) is 5.03 Å². The van der Waals surface area contributed by atoms with Gasteiger partial charge in [0, 0.05) is 5.56 Å². The van der Waals surface area contributed by atoms with E-state index in [1.165, 1.54) is 6.20 Å². The van der Waals surface area contributed by atoms with Crippen molar-refractivity contribution in [2.24, 2.45) is 5.14 Å². The molecule has 0 radical (unpaired) electrons. The zero-order valence-electron chi connectivity index (χ0n) is 8.11. The maximum Gasteiger partial charge on any atom is 0.258 e. The van der Waals surface area contributed by atoms with Gasteiger partial charge in [0.05, 0.1) is 6.20 Å². The van der Waals surface area contributed by atoms with Gasteiger partial charge in [-0.25, -0.2) is 13.6 Å². The highest BCUT2D eigenvalue weighted by atomic mass is 32.2. The third-order valence-electron chi connectivity index (χ3n) is 1.96. The molecule has 1 aromatic carbocycles. The molecular weight excluding hydrogens is 228 g/mol. The largest absolute Gasteiger partial charge is 0.258 e. The molecule has 0 saturated heterocycles. The van der Waals surface area contributed by atoms with Gasteiger partial charge in [0.15, 0.2) is 0 Å². The Kier molecular flexibility index (Phi) is 2.63. The summed E-state index contributed by atoms with van der Waals surface area (Å²) in [5.41, 5.74) is 1.02. The van der Waals surface area contributed by atoms with Crippen LogP contribution in [0.3, 0.4) is 0 Å². The summed E-state index contributed by atoms with van der Waals surface area (Å²) < 4.78 is 22.5. The van der Waals surface area contributed by atoms with E-state index in [1.54, 1.807) is 24.3 Å². The molecule has 0 bridgehead atoms. The molecule has 0 fully saturated rings. The molecule has 0 atom stereocenters. The van der Waals surface area contributed by atoms with E-state index >= 15 is 0 Å². The Bertz CT molecular complexity index is 598. The van der Waals surface area contributed by atoms with Crippen molar-refractivity contribution in [1.29, 1.82) is 0 Å². The molecule has 0 unspecified atom stereocenters. The number of aromatic nitrogens is 3. The number of primary sulfonamides is 1. The topological polar surface area (TPSA) is 98.8 Å². The van der Waals surface area contributed by atoms with Crippen molar-refractivity contribution < 1.29 is 8.42 Å². The molecule has 16 heavy (non-hydrogen) atoms. The summed E-state index contributed by atoms with van der Waals surface area (Å²) in [5.74, 6) is 0. The minimum atomic E-state index is -3.90. The molecule has 1 aromatic heterocycles. The first-order valence-corrected chi connectivity index (χ1v) is 5.90. The zero-order valence-corrected chi connectivity index (χ0v) is 8.92. The van der Waals surface area contributed by atoms with Crippen molar-refractivity contribution in [2.75, 3.05) is 0 Å². The molecule has 0 saturated carbocycles. The van der Waals surface area contributed by atoms with E-state index < -0.39 is 10.0 Å². The third-order valence-corrected chi connectivity index (χ3v) is 2.80. The average Bonchev–Trinajstić information content (AvgIpc) is 2.29. The number of sulfonamides is 1. The fraction of sp³-hybridized carbons (Fsp3) is 0. The lowest BCUT2D eigenvalue weighted by molar-refractivity contribution is 0.590. The smallest absolute Gasteiger partial charge is 0.223 e. The van der Waals surface area contributed by atoms with Crippen LogP contribution in [0.15, 0.2) is 41.6 Å². The Hall–Kier alpha value is -1.86. The fourth-order valence-electron chi connectivity index (χ4n) is 1.28. The maximum atomic E-state index is 11.3. The van der Waals surface area contributed by atoms with Crippen LogP contribution in [0.4, 0.5) is 0 Å². The molecule has 0 aliphatic heterocycles. The highest BCUT2D eigenvalue weighted by Crippen LogP contribution is 2.22. The van der Waals surface area contributed by atoms with Gasteiger partial charge in [-0.15, -0.1) is 10.2 Å². The first-order chi connectivity index (χ1) is 7.59. The SMILES string of the molecule is NS(=O)(=O)c1nnncc1-c1ccccc1. The number of hydrogen-bond acceptors (Lipinski definition) is 5. The van der Waals surface area contributed by atoms with E-state index in [2.05, 4.69) is 15.4 Å². The van der Waals surface area contributed by atoms with E-state index in [1.807, 2.05) is 6.07 Å². The van der Waals surface area contributed by atoms with Crippen LogP contribution in [0.1, 0.15) is 0 Å². The van der Waals surface area contributed by atoms with Crippen LogP contribution in [-0.4, -0.2) is 23.8 Å². The van der Waals surface area contributed by atoms with E-state index in [-0.39, 0.29) is 5.03 Å². The first kappa shape index (κ1) is 10.7. The van der Waals surface area contributed by atoms with Gasteiger partial charge in [0.2, 0.25) is 5.03 Å². The lowest BCUT2D eigenvalue weighted by atomic mass is 10.1. The highest BCUT2D eigenvalue weighted by molar-refractivity contribution is 7.89. The van der Waals surface area contributed by atoms with E-state index in [4.69, 9.17) is 5.14 Å². The van der Waals surface area contributed by atoms with Gasteiger partial charge in [0.1, 0.15) is 0 Å². The van der Waals surface area contributed by atoms with Gasteiger partial charge in [-0.05, 0) is 10.8 Å². The second kappa shape index (κ2) is 3.95. The number of nitrogens with two attached hydrogens (primary N) is 1. The van der Waals surface area contributed by atoms with Gasteiger partial charge in [-0.2, -0.15) is 0 Å². The molecular formula is C9H8N4O2S. The van der Waals surface area contributed by atoms with Crippen LogP contribution in [0.25, 0.3) is 11.1 Å². The quantitative estimate of drug-likeness (QED) is 0.802. The van der Waals surface area contributed by atoms with Crippen molar-refractivity contribution in [3.05, 3.63) is 36.5 Å². The molecule has 2 N–H and O–H groups in total. The fourth-order valence-corrected chi connectivity index (χ4v) is 1.91. The molecule has 2 aromatic rings. The van der Waals surface area contributed by atoms with Crippen LogP contribution < -0.4 is 5.14 Å². The minimum absolute atomic E-state index is 0.270. The van der Waals surface area contributed by atoms with E-state index in [9.17, 15) is 8.42 Å². The van der Waals surface area contributed by atoms with Crippen LogP contribution in [-0.2, 0) is 10.0 Å². The maximum absolute atomic E-state index is 11.3. The van der Waals surface area contributed by atoms with Crippen molar-refractivity contribution >= 4 is 10.0 Å². The molecule has 6 nitrogen and oxygen atoms in total. The van der Waals surface area contributed by atoms with Gasteiger partial charge in [-0.1, -0.05) is 30.3 Å². The van der Waals surface area contributed by atoms with Crippen LogP contribution in [0.2, 0.25) is 0 Å². The molecule has 7 heteroatoms. The Morgan fingerprint density at radius 3 is 2.44 bits per heavy atom. The highest BCUT2D eigenvalue weighted by Gasteiger charge is 2.17. The number of nitrogens with zero attached hydrogens (tertiary/aromatic N) is 3. The molecule has 2 rings (SSSR count). The first-order valence-electron chi connectivity index (χ1n) is 4.35. The summed E-state index contributed by atoms with van der Waals surface area (Å²) in [6.07, 6.45) is 1.32. The molecule has 0 spiro atoms. The molecule has 82 valence electrons. The van der Waals surface area contributed by atoms with Crippen molar-refractivity contribution in [1.82, 2.24) is 15.4 Å². The predicted molar refractivity (Wildman–Crippen MR) is 56.6 cm³/mol. The standard InChI is InChI=1S/C9H8N4O2S/c10-16(14,15)9-8(6-11-13-12-9)7-4-2-1-3-5-7/h1-6H,(H2,10,14,15). The van der Waals surface area contributed by atoms with Crippen LogP contribution in [0, 0.1) is 0 Å². The molecule has 0 aliphatic rings. The Morgan fingerprint density at radius 1 is 1.12 bits per heavy atom. The zero-order chi connectivity index (χ0) is 11.6. The van der Waals surface area contributed by atoms with E-state index in [0.717, 1.165) is 0 Å². The second-order valence-corrected chi connectivity index (χ2v) is 4.54. The number of rotatable bonds is 2. The number of benzene rings is 1. The van der Waals surface area contributed by atoms with Crippen LogP contribution in [0.5, 0.6) is 0 Å². The van der Waals surface area contributed by atoms with Gasteiger partial charge in [0.25, 0.3) is 10.0 Å². The lowest BCUT2D eigenvalue weighted by Crippen LogP contribution is -2.16. The van der Waals surface area contributed by atoms with Crippen molar-refractivity contribution in [3.63, 3.8) is 0 Å². The second-order valence-electron chi connectivity index (χ2n) is 3.06. The van der Waals surface area contributed by atoms with Crippen molar-refractivity contribution in [3.8, 4) is 11.1 Å². The van der Waals surface area contributed by atoms with E-state index in [0.29, 0.717) is 11.1 Å². The Labute approximate surface area is 92.2 Å². The predicted octanol–water partition coefficient (Wildman–Crippen LogP) is 0.186. The average molecular weight is 236 g/mol. The summed E-state index contributed by atoms with van der Waals surface area (Å²) in [4.78, 5) is 0. The summed E-state index contributed by atoms with van der Waals surface area (Å²) in [6.45, 7) is 0. The van der Waals surface area contributed by atoms with Gasteiger partial charge < -0.3 is 0 Å². The Balaban J connectivity index is 2.68. The molecule has 0 amide bonds. The lowest BCUT2D eigenvalue weighted by Gasteiger charge is -2.03. The van der Waals surface area contributed by atoms with Gasteiger partial charge >= 0.3 is 0 Å². The molecule has 1 heterocycles.